The van der Waals surface area contributed by atoms with Crippen LogP contribution in [-0.4, -0.2) is 18.6 Å². The van der Waals surface area contributed by atoms with Gasteiger partial charge in [-0.1, -0.05) is 23.6 Å². The Morgan fingerprint density at radius 2 is 2.37 bits per heavy atom. The Kier molecular flexibility index (Phi) is 5.28. The number of benzene rings is 1. The lowest BCUT2D eigenvalue weighted by Crippen LogP contribution is -1.95. The van der Waals surface area contributed by atoms with E-state index in [4.69, 9.17) is 10.5 Å². The monoisotopic (exact) mass is 290 g/mol. The average Bonchev–Trinajstić information content (AvgIpc) is 2.96. The molecule has 0 spiro atoms. The summed E-state index contributed by atoms with van der Waals surface area (Å²) >= 11 is 3.34. The van der Waals surface area contributed by atoms with E-state index in [0.29, 0.717) is 6.54 Å². The lowest BCUT2D eigenvalue weighted by atomic mass is 10.1. The lowest BCUT2D eigenvalue weighted by molar-refractivity contribution is 0.414. The maximum absolute atomic E-state index is 5.42. The molecule has 5 heteroatoms. The van der Waals surface area contributed by atoms with Gasteiger partial charge in [0, 0.05) is 22.9 Å². The van der Waals surface area contributed by atoms with E-state index < -0.39 is 0 Å². The number of aromatic nitrogens is 1. The number of nitrogens with two attached hydrogens (primary N) is 1. The van der Waals surface area contributed by atoms with Gasteiger partial charge >= 0.3 is 0 Å². The third-order valence-corrected chi connectivity index (χ3v) is 4.41. The molecule has 1 aromatic carbocycles. The van der Waals surface area contributed by atoms with Gasteiger partial charge in [-0.3, -0.25) is 0 Å². The summed E-state index contributed by atoms with van der Waals surface area (Å²) in [5, 5.41) is 1.98. The molecule has 0 radical (unpaired) electrons. The minimum atomic E-state index is 0.366. The van der Waals surface area contributed by atoms with E-state index >= 15 is 0 Å². The highest BCUT2D eigenvalue weighted by molar-refractivity contribution is 8.00. The molecule has 0 saturated carbocycles. The molecular formula is C14H14N2OS2. The summed E-state index contributed by atoms with van der Waals surface area (Å²) in [5.41, 5.74) is 7.56. The van der Waals surface area contributed by atoms with Crippen LogP contribution >= 0.6 is 23.1 Å². The molecular weight excluding hydrogens is 276 g/mol. The van der Waals surface area contributed by atoms with E-state index in [2.05, 4.69) is 16.8 Å². The molecule has 0 aliphatic heterocycles. The molecule has 0 aliphatic rings. The van der Waals surface area contributed by atoms with Crippen molar-refractivity contribution in [1.29, 1.82) is 0 Å². The van der Waals surface area contributed by atoms with Crippen LogP contribution in [0.25, 0.3) is 0 Å². The van der Waals surface area contributed by atoms with Crippen molar-refractivity contribution in [1.82, 2.24) is 4.98 Å². The van der Waals surface area contributed by atoms with Crippen LogP contribution in [0, 0.1) is 11.8 Å². The fraction of sp³-hybridized carbons (Fsp3) is 0.214. The molecule has 2 N–H and O–H groups in total. The van der Waals surface area contributed by atoms with Crippen molar-refractivity contribution in [3.63, 3.8) is 0 Å². The highest BCUT2D eigenvalue weighted by atomic mass is 32.2. The topological polar surface area (TPSA) is 48.1 Å². The number of hydrogen-bond acceptors (Lipinski definition) is 5. The van der Waals surface area contributed by atoms with Gasteiger partial charge in [0.05, 0.1) is 13.7 Å². The standard InChI is InChI=1S/C14H14N2OS2/c1-17-13-5-4-11(3-2-6-15)12(9-13)10-19-14-16-7-8-18-14/h4-5,7-9H,6,10,15H2,1H3. The second-order valence-electron chi connectivity index (χ2n) is 3.62. The van der Waals surface area contributed by atoms with Crippen molar-refractivity contribution < 1.29 is 4.74 Å². The fourth-order valence-electron chi connectivity index (χ4n) is 1.51. The van der Waals surface area contributed by atoms with Crippen LogP contribution in [0.2, 0.25) is 0 Å². The molecule has 2 rings (SSSR count). The number of hydrogen-bond donors (Lipinski definition) is 1. The smallest absolute Gasteiger partial charge is 0.150 e. The molecule has 0 atom stereocenters. The lowest BCUT2D eigenvalue weighted by Gasteiger charge is -2.06. The van der Waals surface area contributed by atoms with E-state index in [1.165, 1.54) is 0 Å². The molecule has 0 saturated heterocycles. The first-order valence-corrected chi connectivity index (χ1v) is 7.58. The summed E-state index contributed by atoms with van der Waals surface area (Å²) in [6.07, 6.45) is 1.81. The number of thioether (sulfide) groups is 1. The van der Waals surface area contributed by atoms with E-state index in [9.17, 15) is 0 Å². The SMILES string of the molecule is COc1ccc(C#CCN)c(CSc2nccs2)c1. The molecule has 0 unspecified atom stereocenters. The molecule has 0 bridgehead atoms. The van der Waals surface area contributed by atoms with Crippen LogP contribution < -0.4 is 10.5 Å². The molecule has 2 aromatic rings. The molecule has 1 heterocycles. The normalized spacial score (nSPS) is 9.79. The highest BCUT2D eigenvalue weighted by Gasteiger charge is 2.05. The van der Waals surface area contributed by atoms with Crippen molar-refractivity contribution in [2.24, 2.45) is 5.73 Å². The number of thiazole rings is 1. The van der Waals surface area contributed by atoms with E-state index in [1.54, 1.807) is 30.2 Å². The largest absolute Gasteiger partial charge is 0.497 e. The van der Waals surface area contributed by atoms with Crippen molar-refractivity contribution in [2.45, 2.75) is 10.1 Å². The van der Waals surface area contributed by atoms with Crippen molar-refractivity contribution in [3.05, 3.63) is 40.9 Å². The Bertz CT molecular complexity index is 585. The van der Waals surface area contributed by atoms with Gasteiger partial charge in [-0.25, -0.2) is 4.98 Å². The van der Waals surface area contributed by atoms with Gasteiger partial charge < -0.3 is 10.5 Å². The van der Waals surface area contributed by atoms with E-state index in [0.717, 1.165) is 27.0 Å². The molecule has 0 fully saturated rings. The van der Waals surface area contributed by atoms with Crippen molar-refractivity contribution in [2.75, 3.05) is 13.7 Å². The van der Waals surface area contributed by atoms with E-state index in [-0.39, 0.29) is 0 Å². The molecule has 0 aliphatic carbocycles. The van der Waals surface area contributed by atoms with Gasteiger partial charge in [0.15, 0.2) is 0 Å². The number of rotatable bonds is 4. The van der Waals surface area contributed by atoms with Crippen molar-refractivity contribution in [3.8, 4) is 17.6 Å². The minimum Gasteiger partial charge on any atom is -0.497 e. The quantitative estimate of drug-likeness (QED) is 0.695. The number of methoxy groups -OCH3 is 1. The van der Waals surface area contributed by atoms with Gasteiger partial charge in [-0.2, -0.15) is 0 Å². The third-order valence-electron chi connectivity index (χ3n) is 2.40. The first-order valence-electron chi connectivity index (χ1n) is 5.71. The minimum absolute atomic E-state index is 0.366. The van der Waals surface area contributed by atoms with Crippen LogP contribution in [0.1, 0.15) is 11.1 Å². The third kappa shape index (κ3) is 4.00. The Morgan fingerprint density at radius 3 is 3.05 bits per heavy atom. The zero-order chi connectivity index (χ0) is 13.5. The maximum atomic E-state index is 5.42. The molecule has 19 heavy (non-hydrogen) atoms. The number of nitrogens with zero attached hydrogens (tertiary/aromatic N) is 1. The summed E-state index contributed by atoms with van der Waals surface area (Å²) in [4.78, 5) is 4.26. The Labute approximate surface area is 121 Å². The fourth-order valence-corrected chi connectivity index (χ4v) is 3.13. The number of ether oxygens (including phenoxy) is 1. The molecule has 3 nitrogen and oxygen atoms in total. The summed E-state index contributed by atoms with van der Waals surface area (Å²) < 4.78 is 6.31. The van der Waals surface area contributed by atoms with Crippen LogP contribution in [0.3, 0.4) is 0 Å². The Balaban J connectivity index is 2.19. The summed E-state index contributed by atoms with van der Waals surface area (Å²) in [6, 6.07) is 5.90. The van der Waals surface area contributed by atoms with E-state index in [1.807, 2.05) is 29.8 Å². The first-order chi connectivity index (χ1) is 9.33. The summed E-state index contributed by atoms with van der Waals surface area (Å²) in [7, 11) is 1.66. The predicted molar refractivity (Wildman–Crippen MR) is 80.6 cm³/mol. The van der Waals surface area contributed by atoms with Crippen LogP contribution in [0.4, 0.5) is 0 Å². The van der Waals surface area contributed by atoms with Crippen LogP contribution in [0.5, 0.6) is 5.75 Å². The maximum Gasteiger partial charge on any atom is 0.150 e. The second-order valence-corrected chi connectivity index (χ2v) is 5.73. The molecule has 1 aromatic heterocycles. The predicted octanol–water partition coefficient (Wildman–Crippen LogP) is 2.75. The molecule has 0 amide bonds. The summed E-state index contributed by atoms with van der Waals surface area (Å²) in [6.45, 7) is 0.366. The van der Waals surface area contributed by atoms with Gasteiger partial charge in [0.2, 0.25) is 0 Å². The first kappa shape index (κ1) is 13.9. The van der Waals surface area contributed by atoms with Crippen LogP contribution in [0.15, 0.2) is 34.1 Å². The Hall–Kier alpha value is -1.48. The average molecular weight is 290 g/mol. The zero-order valence-corrected chi connectivity index (χ0v) is 12.2. The molecule has 98 valence electrons. The van der Waals surface area contributed by atoms with Gasteiger partial charge in [-0.15, -0.1) is 11.3 Å². The van der Waals surface area contributed by atoms with Gasteiger partial charge in [-0.05, 0) is 23.8 Å². The zero-order valence-electron chi connectivity index (χ0n) is 10.6. The van der Waals surface area contributed by atoms with Gasteiger partial charge in [0.1, 0.15) is 10.1 Å². The summed E-state index contributed by atoms with van der Waals surface area (Å²) in [5.74, 6) is 7.64. The highest BCUT2D eigenvalue weighted by Crippen LogP contribution is 2.27. The van der Waals surface area contributed by atoms with Gasteiger partial charge in [0.25, 0.3) is 0 Å². The van der Waals surface area contributed by atoms with Crippen LogP contribution in [-0.2, 0) is 5.75 Å². The second kappa shape index (κ2) is 7.19. The Morgan fingerprint density at radius 1 is 1.47 bits per heavy atom. The van der Waals surface area contributed by atoms with Crippen molar-refractivity contribution >= 4 is 23.1 Å².